The van der Waals surface area contributed by atoms with Gasteiger partial charge in [-0.1, -0.05) is 11.8 Å². The van der Waals surface area contributed by atoms with Crippen LogP contribution < -0.4 is 10.1 Å². The molecule has 2 aromatic carbocycles. The van der Waals surface area contributed by atoms with Gasteiger partial charge in [-0.3, -0.25) is 4.79 Å². The molecule has 1 fully saturated rings. The first-order valence-corrected chi connectivity index (χ1v) is 8.93. The van der Waals surface area contributed by atoms with Gasteiger partial charge in [-0.05, 0) is 68.4 Å². The normalized spacial score (nSPS) is 16.4. The van der Waals surface area contributed by atoms with Crippen LogP contribution >= 0.6 is 0 Å². The Morgan fingerprint density at radius 3 is 2.42 bits per heavy atom. The van der Waals surface area contributed by atoms with Crippen LogP contribution in [-0.2, 0) is 4.74 Å². The van der Waals surface area contributed by atoms with Crippen molar-refractivity contribution in [2.45, 2.75) is 25.6 Å². The van der Waals surface area contributed by atoms with Gasteiger partial charge in [0.25, 0.3) is 0 Å². The van der Waals surface area contributed by atoms with Gasteiger partial charge in [0.2, 0.25) is 0 Å². The average molecular weight is 349 g/mol. The van der Waals surface area contributed by atoms with Crippen molar-refractivity contribution in [3.05, 3.63) is 65.2 Å². The molecule has 1 aliphatic heterocycles. The van der Waals surface area contributed by atoms with Crippen LogP contribution in [0.1, 0.15) is 40.7 Å². The van der Waals surface area contributed by atoms with Crippen LogP contribution in [0.2, 0.25) is 0 Å². The molecule has 1 unspecified atom stereocenters. The van der Waals surface area contributed by atoms with E-state index in [1.165, 1.54) is 0 Å². The van der Waals surface area contributed by atoms with E-state index in [9.17, 15) is 4.79 Å². The second kappa shape index (κ2) is 9.19. The number of benzene rings is 2. The first-order chi connectivity index (χ1) is 12.8. The zero-order chi connectivity index (χ0) is 18.2. The zero-order valence-corrected chi connectivity index (χ0v) is 15.0. The molecule has 0 amide bonds. The first kappa shape index (κ1) is 18.2. The van der Waals surface area contributed by atoms with Gasteiger partial charge in [0.1, 0.15) is 5.75 Å². The maximum absolute atomic E-state index is 12.6. The Balaban J connectivity index is 1.63. The molecule has 1 N–H and O–H groups in total. The Kier molecular flexibility index (Phi) is 6.43. The second-order valence-corrected chi connectivity index (χ2v) is 6.18. The summed E-state index contributed by atoms with van der Waals surface area (Å²) in [5.74, 6) is 6.76. The standard InChI is InChI=1S/C22H23NO3/c1-23-15-4-5-17-7-9-18(10-8-17)22(24)19-11-13-20(14-12-19)26-21-6-2-3-16-25-21/h7-14,21,23H,2-3,6,15-16H2,1H3. The zero-order valence-electron chi connectivity index (χ0n) is 15.0. The minimum atomic E-state index is -0.179. The van der Waals surface area contributed by atoms with Gasteiger partial charge in [-0.25, -0.2) is 0 Å². The third-order valence-corrected chi connectivity index (χ3v) is 4.17. The molecule has 1 heterocycles. The summed E-state index contributed by atoms with van der Waals surface area (Å²) in [6.45, 7) is 1.39. The van der Waals surface area contributed by atoms with E-state index < -0.39 is 0 Å². The van der Waals surface area contributed by atoms with E-state index in [-0.39, 0.29) is 12.1 Å². The lowest BCUT2D eigenvalue weighted by atomic mass is 10.0. The van der Waals surface area contributed by atoms with Crippen LogP contribution in [0.25, 0.3) is 0 Å². The van der Waals surface area contributed by atoms with Crippen LogP contribution in [0, 0.1) is 11.8 Å². The molecule has 1 saturated heterocycles. The Morgan fingerprint density at radius 1 is 1.12 bits per heavy atom. The van der Waals surface area contributed by atoms with E-state index in [1.807, 2.05) is 43.4 Å². The summed E-state index contributed by atoms with van der Waals surface area (Å²) in [6.07, 6.45) is 2.94. The van der Waals surface area contributed by atoms with Crippen molar-refractivity contribution in [1.82, 2.24) is 5.32 Å². The van der Waals surface area contributed by atoms with E-state index in [1.54, 1.807) is 12.1 Å². The third-order valence-electron chi connectivity index (χ3n) is 4.17. The minimum absolute atomic E-state index is 0.0137. The van der Waals surface area contributed by atoms with Gasteiger partial charge in [0.05, 0.1) is 13.2 Å². The maximum Gasteiger partial charge on any atom is 0.199 e. The van der Waals surface area contributed by atoms with Gasteiger partial charge >= 0.3 is 0 Å². The molecule has 0 bridgehead atoms. The van der Waals surface area contributed by atoms with E-state index >= 15 is 0 Å². The smallest absolute Gasteiger partial charge is 0.199 e. The van der Waals surface area contributed by atoms with Gasteiger partial charge in [0.15, 0.2) is 12.1 Å². The highest BCUT2D eigenvalue weighted by Gasteiger charge is 2.15. The van der Waals surface area contributed by atoms with E-state index in [4.69, 9.17) is 9.47 Å². The number of carbonyl (C=O) groups is 1. The molecule has 3 rings (SSSR count). The number of carbonyl (C=O) groups excluding carboxylic acids is 1. The van der Waals surface area contributed by atoms with Gasteiger partial charge in [0, 0.05) is 23.1 Å². The quantitative estimate of drug-likeness (QED) is 0.664. The predicted molar refractivity (Wildman–Crippen MR) is 101 cm³/mol. The average Bonchev–Trinajstić information content (AvgIpc) is 2.70. The van der Waals surface area contributed by atoms with Crippen molar-refractivity contribution in [3.8, 4) is 17.6 Å². The van der Waals surface area contributed by atoms with Crippen molar-refractivity contribution in [1.29, 1.82) is 0 Å². The van der Waals surface area contributed by atoms with Crippen LogP contribution in [0.15, 0.2) is 48.5 Å². The summed E-state index contributed by atoms with van der Waals surface area (Å²) in [6, 6.07) is 14.6. The lowest BCUT2D eigenvalue weighted by molar-refractivity contribution is -0.105. The fourth-order valence-electron chi connectivity index (χ4n) is 2.75. The van der Waals surface area contributed by atoms with Crippen molar-refractivity contribution in [3.63, 3.8) is 0 Å². The molecule has 0 radical (unpaired) electrons. The summed E-state index contributed by atoms with van der Waals surface area (Å²) >= 11 is 0. The summed E-state index contributed by atoms with van der Waals surface area (Å²) in [5.41, 5.74) is 2.18. The molecule has 4 heteroatoms. The highest BCUT2D eigenvalue weighted by atomic mass is 16.7. The number of rotatable bonds is 5. The molecule has 0 saturated carbocycles. The van der Waals surface area contributed by atoms with Gasteiger partial charge in [-0.2, -0.15) is 0 Å². The summed E-state index contributed by atoms with van der Waals surface area (Å²) < 4.78 is 11.4. The lowest BCUT2D eigenvalue weighted by Gasteiger charge is -2.23. The molecule has 2 aromatic rings. The molecule has 26 heavy (non-hydrogen) atoms. The number of hydrogen-bond acceptors (Lipinski definition) is 4. The number of hydrogen-bond donors (Lipinski definition) is 1. The molecular weight excluding hydrogens is 326 g/mol. The molecule has 4 nitrogen and oxygen atoms in total. The Bertz CT molecular complexity index is 779. The van der Waals surface area contributed by atoms with Crippen LogP contribution in [-0.4, -0.2) is 32.3 Å². The van der Waals surface area contributed by atoms with E-state index in [0.29, 0.717) is 17.7 Å². The van der Waals surface area contributed by atoms with Crippen molar-refractivity contribution in [2.24, 2.45) is 0 Å². The Morgan fingerprint density at radius 2 is 1.81 bits per heavy atom. The van der Waals surface area contributed by atoms with Crippen LogP contribution in [0.4, 0.5) is 0 Å². The van der Waals surface area contributed by atoms with Crippen LogP contribution in [0.3, 0.4) is 0 Å². The summed E-state index contributed by atoms with van der Waals surface area (Å²) in [4.78, 5) is 12.6. The largest absolute Gasteiger partial charge is 0.465 e. The topological polar surface area (TPSA) is 47.6 Å². The van der Waals surface area contributed by atoms with Crippen molar-refractivity contribution in [2.75, 3.05) is 20.2 Å². The monoisotopic (exact) mass is 349 g/mol. The number of nitrogens with one attached hydrogen (secondary N) is 1. The molecule has 134 valence electrons. The summed E-state index contributed by atoms with van der Waals surface area (Å²) in [7, 11) is 1.86. The fraction of sp³-hybridized carbons (Fsp3) is 0.318. The van der Waals surface area contributed by atoms with Gasteiger partial charge < -0.3 is 14.8 Å². The van der Waals surface area contributed by atoms with Gasteiger partial charge in [-0.15, -0.1) is 0 Å². The number of ether oxygens (including phenoxy) is 2. The predicted octanol–water partition coefficient (Wildman–Crippen LogP) is 3.39. The highest BCUT2D eigenvalue weighted by Crippen LogP contribution is 2.20. The molecular formula is C22H23NO3. The summed E-state index contributed by atoms with van der Waals surface area (Å²) in [5, 5.41) is 2.97. The second-order valence-electron chi connectivity index (χ2n) is 6.18. The van der Waals surface area contributed by atoms with Crippen molar-refractivity contribution < 1.29 is 14.3 Å². The SMILES string of the molecule is CNCC#Cc1ccc(C(=O)c2ccc(OC3CCCCO3)cc2)cc1. The first-order valence-electron chi connectivity index (χ1n) is 8.93. The highest BCUT2D eigenvalue weighted by molar-refractivity contribution is 6.09. The minimum Gasteiger partial charge on any atom is -0.465 e. The lowest BCUT2D eigenvalue weighted by Crippen LogP contribution is -2.24. The maximum atomic E-state index is 12.6. The number of ketones is 1. The van der Waals surface area contributed by atoms with Crippen molar-refractivity contribution >= 4 is 5.78 Å². The van der Waals surface area contributed by atoms with E-state index in [2.05, 4.69) is 17.2 Å². The van der Waals surface area contributed by atoms with E-state index in [0.717, 1.165) is 37.2 Å². The Hall–Kier alpha value is -2.61. The molecule has 1 atom stereocenters. The van der Waals surface area contributed by atoms with Crippen LogP contribution in [0.5, 0.6) is 5.75 Å². The Labute approximate surface area is 154 Å². The molecule has 0 spiro atoms. The molecule has 0 aliphatic carbocycles. The third kappa shape index (κ3) is 4.95. The molecule has 0 aromatic heterocycles. The molecule has 1 aliphatic rings. The fourth-order valence-corrected chi connectivity index (χ4v) is 2.75.